The van der Waals surface area contributed by atoms with Gasteiger partial charge in [0.25, 0.3) is 10.0 Å². The summed E-state index contributed by atoms with van der Waals surface area (Å²) in [5.74, 6) is -0.122. The minimum absolute atomic E-state index is 0.122. The zero-order valence-electron chi connectivity index (χ0n) is 15.2. The van der Waals surface area contributed by atoms with Crippen LogP contribution in [0.4, 0.5) is 0 Å². The van der Waals surface area contributed by atoms with Crippen molar-refractivity contribution in [1.29, 1.82) is 0 Å². The van der Waals surface area contributed by atoms with Crippen LogP contribution in [0.2, 0.25) is 10.0 Å². The zero-order chi connectivity index (χ0) is 20.3. The Morgan fingerprint density at radius 2 is 1.93 bits per heavy atom. The minimum atomic E-state index is -3.54. The molecule has 152 valence electrons. The summed E-state index contributed by atoms with van der Waals surface area (Å²) < 4.78 is 32.3. The van der Waals surface area contributed by atoms with E-state index in [2.05, 4.69) is 0 Å². The van der Waals surface area contributed by atoms with Gasteiger partial charge in [0.2, 0.25) is 5.91 Å². The predicted octanol–water partition coefficient (Wildman–Crippen LogP) is 3.28. The average molecular weight is 463 g/mol. The molecule has 0 aliphatic carbocycles. The van der Waals surface area contributed by atoms with Crippen molar-refractivity contribution < 1.29 is 17.9 Å². The Bertz CT molecular complexity index is 956. The van der Waals surface area contributed by atoms with E-state index in [-0.39, 0.29) is 16.5 Å². The lowest BCUT2D eigenvalue weighted by atomic mass is 10.2. The van der Waals surface area contributed by atoms with Crippen molar-refractivity contribution >= 4 is 50.5 Å². The van der Waals surface area contributed by atoms with Crippen molar-refractivity contribution in [2.24, 2.45) is 0 Å². The lowest BCUT2D eigenvalue weighted by molar-refractivity contribution is -0.129. The van der Waals surface area contributed by atoms with E-state index in [4.69, 9.17) is 27.9 Å². The van der Waals surface area contributed by atoms with Gasteiger partial charge in [-0.15, -0.1) is 11.3 Å². The quantitative estimate of drug-likeness (QED) is 0.660. The molecule has 0 unspecified atom stereocenters. The van der Waals surface area contributed by atoms with Gasteiger partial charge < -0.3 is 9.64 Å². The Hall–Kier alpha value is -1.16. The predicted molar refractivity (Wildman–Crippen MR) is 111 cm³/mol. The van der Waals surface area contributed by atoms with Gasteiger partial charge in [-0.25, -0.2) is 8.42 Å². The fraction of sp³-hybridized carbons (Fsp3) is 0.389. The summed E-state index contributed by atoms with van der Waals surface area (Å²) in [4.78, 5) is 14.8. The summed E-state index contributed by atoms with van der Waals surface area (Å²) in [5, 5.41) is 1.04. The normalized spacial score (nSPS) is 15.5. The molecule has 1 saturated heterocycles. The molecule has 1 aromatic carbocycles. The molecule has 0 atom stereocenters. The first-order chi connectivity index (χ1) is 13.3. The van der Waals surface area contributed by atoms with E-state index in [9.17, 15) is 13.2 Å². The second-order valence-corrected chi connectivity index (χ2v) is 10.6. The maximum atomic E-state index is 12.7. The van der Waals surface area contributed by atoms with Crippen LogP contribution in [0.3, 0.4) is 0 Å². The highest BCUT2D eigenvalue weighted by Gasteiger charge is 2.28. The third-order valence-electron chi connectivity index (χ3n) is 4.38. The van der Waals surface area contributed by atoms with Crippen molar-refractivity contribution in [2.75, 3.05) is 33.4 Å². The molecule has 1 amide bonds. The van der Waals surface area contributed by atoms with E-state index in [1.165, 1.54) is 4.31 Å². The fourth-order valence-corrected chi connectivity index (χ4v) is 6.16. The number of nitrogens with zero attached hydrogens (tertiary/aromatic N) is 2. The summed E-state index contributed by atoms with van der Waals surface area (Å²) in [5.41, 5.74) is 0.795. The Morgan fingerprint density at radius 1 is 1.21 bits per heavy atom. The third kappa shape index (κ3) is 5.06. The smallest absolute Gasteiger partial charge is 0.252 e. The van der Waals surface area contributed by atoms with Crippen LogP contribution in [0.5, 0.6) is 0 Å². The number of thiophene rings is 1. The Labute approximate surface area is 178 Å². The van der Waals surface area contributed by atoms with Crippen molar-refractivity contribution in [3.63, 3.8) is 0 Å². The van der Waals surface area contributed by atoms with Crippen LogP contribution in [0.25, 0.3) is 0 Å². The lowest BCUT2D eigenvalue weighted by Crippen LogP contribution is -2.40. The molecule has 0 spiro atoms. The number of hydrogen-bond donors (Lipinski definition) is 0. The van der Waals surface area contributed by atoms with Crippen molar-refractivity contribution in [3.05, 3.63) is 50.8 Å². The van der Waals surface area contributed by atoms with E-state index >= 15 is 0 Å². The van der Waals surface area contributed by atoms with Crippen molar-refractivity contribution in [1.82, 2.24) is 9.21 Å². The van der Waals surface area contributed by atoms with Crippen LogP contribution in [-0.4, -0.2) is 56.9 Å². The molecule has 0 saturated carbocycles. The summed E-state index contributed by atoms with van der Waals surface area (Å²) in [6.07, 6.45) is 0.130. The number of halogens is 2. The Balaban J connectivity index is 1.64. The highest BCUT2D eigenvalue weighted by Crippen LogP contribution is 2.27. The number of hydrogen-bond acceptors (Lipinski definition) is 5. The van der Waals surface area contributed by atoms with Gasteiger partial charge >= 0.3 is 0 Å². The van der Waals surface area contributed by atoms with Gasteiger partial charge in [-0.05, 0) is 29.8 Å². The summed E-state index contributed by atoms with van der Waals surface area (Å²) >= 11 is 13.2. The molecule has 0 radical (unpaired) electrons. The minimum Gasteiger partial charge on any atom is -0.379 e. The molecular formula is C18H20Cl2N2O4S2. The average Bonchev–Trinajstić information content (AvgIpc) is 3.14. The van der Waals surface area contributed by atoms with E-state index in [0.717, 1.165) is 16.9 Å². The first-order valence-corrected chi connectivity index (χ1v) is 11.6. The van der Waals surface area contributed by atoms with Gasteiger partial charge in [0.05, 0.1) is 19.6 Å². The van der Waals surface area contributed by atoms with Crippen LogP contribution in [-0.2, 0) is 32.5 Å². The van der Waals surface area contributed by atoms with E-state index in [1.807, 2.05) is 0 Å². The number of likely N-dealkylation sites (N-methyl/N-ethyl adjacent to an activating group) is 1. The molecule has 0 N–H and O–H groups in total. The van der Waals surface area contributed by atoms with Crippen LogP contribution < -0.4 is 0 Å². The largest absolute Gasteiger partial charge is 0.379 e. The van der Waals surface area contributed by atoms with Gasteiger partial charge in [0, 0.05) is 41.6 Å². The van der Waals surface area contributed by atoms with Crippen LogP contribution in [0.15, 0.2) is 34.5 Å². The fourth-order valence-electron chi connectivity index (χ4n) is 2.78. The number of sulfonamides is 1. The summed E-state index contributed by atoms with van der Waals surface area (Å²) in [6.45, 7) is 1.83. The van der Waals surface area contributed by atoms with Crippen molar-refractivity contribution in [2.45, 2.75) is 17.2 Å². The molecule has 6 nitrogen and oxygen atoms in total. The van der Waals surface area contributed by atoms with Gasteiger partial charge in [0.1, 0.15) is 4.21 Å². The standard InChI is InChI=1S/C18H20Cl2N2O4S2/c1-21(12-13-2-3-14(19)10-16(13)20)17(23)11-15-4-5-18(27-15)28(24,25)22-6-8-26-9-7-22/h2-5,10H,6-9,11-12H2,1H3. The number of morpholine rings is 1. The number of amides is 1. The van der Waals surface area contributed by atoms with Gasteiger partial charge in [-0.3, -0.25) is 4.79 Å². The molecule has 2 aromatic rings. The first kappa shape index (κ1) is 21.5. The number of rotatable bonds is 6. The molecule has 0 bridgehead atoms. The summed E-state index contributed by atoms with van der Waals surface area (Å²) in [6, 6.07) is 8.40. The second-order valence-electron chi connectivity index (χ2n) is 6.40. The van der Waals surface area contributed by atoms with Gasteiger partial charge in [-0.1, -0.05) is 29.3 Å². The zero-order valence-corrected chi connectivity index (χ0v) is 18.4. The molecule has 28 heavy (non-hydrogen) atoms. The number of carbonyl (C=O) groups is 1. The topological polar surface area (TPSA) is 66.9 Å². The van der Waals surface area contributed by atoms with E-state index in [0.29, 0.717) is 47.8 Å². The van der Waals surface area contributed by atoms with Crippen molar-refractivity contribution in [3.8, 4) is 0 Å². The molecule has 10 heteroatoms. The van der Waals surface area contributed by atoms with Crippen LogP contribution in [0, 0.1) is 0 Å². The molecular weight excluding hydrogens is 443 g/mol. The molecule has 1 aromatic heterocycles. The SMILES string of the molecule is CN(Cc1ccc(Cl)cc1Cl)C(=O)Cc1ccc(S(=O)(=O)N2CCOCC2)s1. The summed E-state index contributed by atoms with van der Waals surface area (Å²) in [7, 11) is -1.85. The maximum absolute atomic E-state index is 12.7. The Morgan fingerprint density at radius 3 is 2.61 bits per heavy atom. The first-order valence-electron chi connectivity index (χ1n) is 8.62. The number of carbonyl (C=O) groups excluding carboxylic acids is 1. The monoisotopic (exact) mass is 462 g/mol. The molecule has 3 rings (SSSR count). The highest BCUT2D eigenvalue weighted by atomic mass is 35.5. The Kier molecular flexibility index (Phi) is 7.01. The van der Waals surface area contributed by atoms with Crippen LogP contribution >= 0.6 is 34.5 Å². The second kappa shape index (κ2) is 9.11. The molecule has 1 fully saturated rings. The van der Waals surface area contributed by atoms with E-state index < -0.39 is 10.0 Å². The highest BCUT2D eigenvalue weighted by molar-refractivity contribution is 7.91. The number of ether oxygens (including phenoxy) is 1. The van der Waals surface area contributed by atoms with E-state index in [1.54, 1.807) is 42.3 Å². The molecule has 2 heterocycles. The maximum Gasteiger partial charge on any atom is 0.252 e. The third-order valence-corrected chi connectivity index (χ3v) is 8.41. The molecule has 1 aliphatic heterocycles. The van der Waals surface area contributed by atoms with Crippen LogP contribution in [0.1, 0.15) is 10.4 Å². The lowest BCUT2D eigenvalue weighted by Gasteiger charge is -2.25. The van der Waals surface area contributed by atoms with Gasteiger partial charge in [0.15, 0.2) is 0 Å². The molecule has 1 aliphatic rings. The number of benzene rings is 1. The van der Waals surface area contributed by atoms with Gasteiger partial charge in [-0.2, -0.15) is 4.31 Å².